The van der Waals surface area contributed by atoms with E-state index in [0.29, 0.717) is 5.69 Å². The van der Waals surface area contributed by atoms with Crippen molar-refractivity contribution in [2.75, 3.05) is 0 Å². The minimum atomic E-state index is 0.483. The Balaban J connectivity index is 2.72. The van der Waals surface area contributed by atoms with E-state index >= 15 is 0 Å². The van der Waals surface area contributed by atoms with Crippen molar-refractivity contribution in [3.05, 3.63) is 41.3 Å². The van der Waals surface area contributed by atoms with Crippen LogP contribution in [0, 0.1) is 25.2 Å². The van der Waals surface area contributed by atoms with E-state index in [0.717, 1.165) is 16.8 Å². The van der Waals surface area contributed by atoms with Crippen molar-refractivity contribution in [1.29, 1.82) is 5.26 Å². The molecule has 2 aromatic rings. The van der Waals surface area contributed by atoms with Crippen LogP contribution in [-0.2, 0) is 7.05 Å². The molecule has 1 aromatic heterocycles. The predicted molar refractivity (Wildman–Crippen MR) is 62.8 cm³/mol. The van der Waals surface area contributed by atoms with Gasteiger partial charge in [0.2, 0.25) is 0 Å². The summed E-state index contributed by atoms with van der Waals surface area (Å²) in [4.78, 5) is 4.08. The number of imidazole rings is 1. The molecule has 1 heterocycles. The number of nitrogens with zero attached hydrogens (tertiary/aromatic N) is 3. The molecule has 3 heteroatoms. The molecule has 1 aromatic carbocycles. The number of nitriles is 1. The van der Waals surface area contributed by atoms with Crippen molar-refractivity contribution in [3.63, 3.8) is 0 Å². The summed E-state index contributed by atoms with van der Waals surface area (Å²) in [5.41, 5.74) is 4.80. The number of aryl methyl sites for hydroxylation is 3. The van der Waals surface area contributed by atoms with Gasteiger partial charge < -0.3 is 4.57 Å². The highest BCUT2D eigenvalue weighted by atomic mass is 15.0. The van der Waals surface area contributed by atoms with Crippen LogP contribution in [0.4, 0.5) is 0 Å². The SMILES string of the molecule is Cc1ccc(C)c(-c2c(C#N)ncn2C)c1. The largest absolute Gasteiger partial charge is 0.333 e. The van der Waals surface area contributed by atoms with Crippen molar-refractivity contribution >= 4 is 0 Å². The Labute approximate surface area is 95.0 Å². The molecular formula is C13H13N3. The van der Waals surface area contributed by atoms with Gasteiger partial charge in [0.05, 0.1) is 12.0 Å². The summed E-state index contributed by atoms with van der Waals surface area (Å²) < 4.78 is 1.89. The monoisotopic (exact) mass is 211 g/mol. The van der Waals surface area contributed by atoms with E-state index in [1.807, 2.05) is 25.5 Å². The first-order valence-corrected chi connectivity index (χ1v) is 5.12. The van der Waals surface area contributed by atoms with Gasteiger partial charge in [0, 0.05) is 12.6 Å². The summed E-state index contributed by atoms with van der Waals surface area (Å²) >= 11 is 0. The number of hydrogen-bond donors (Lipinski definition) is 0. The van der Waals surface area contributed by atoms with Crippen LogP contribution in [0.15, 0.2) is 24.5 Å². The topological polar surface area (TPSA) is 41.6 Å². The molecule has 0 aliphatic rings. The first-order valence-electron chi connectivity index (χ1n) is 5.12. The summed E-state index contributed by atoms with van der Waals surface area (Å²) in [7, 11) is 1.91. The molecule has 3 nitrogen and oxygen atoms in total. The van der Waals surface area contributed by atoms with E-state index in [1.165, 1.54) is 5.56 Å². The minimum Gasteiger partial charge on any atom is -0.333 e. The molecule has 0 atom stereocenters. The van der Waals surface area contributed by atoms with Gasteiger partial charge in [-0.1, -0.05) is 17.7 Å². The second-order valence-corrected chi connectivity index (χ2v) is 3.98. The standard InChI is InChI=1S/C13H13N3/c1-9-4-5-10(2)11(6-9)13-12(7-14)15-8-16(13)3/h4-6,8H,1-3H3. The van der Waals surface area contributed by atoms with Crippen LogP contribution in [0.25, 0.3) is 11.3 Å². The lowest BCUT2D eigenvalue weighted by molar-refractivity contribution is 0.920. The van der Waals surface area contributed by atoms with Gasteiger partial charge in [0.25, 0.3) is 0 Å². The summed E-state index contributed by atoms with van der Waals surface area (Å²) in [6, 6.07) is 8.36. The third-order valence-electron chi connectivity index (χ3n) is 2.69. The molecule has 0 spiro atoms. The highest BCUT2D eigenvalue weighted by Crippen LogP contribution is 2.26. The van der Waals surface area contributed by atoms with E-state index in [4.69, 9.17) is 5.26 Å². The molecule has 80 valence electrons. The van der Waals surface area contributed by atoms with Gasteiger partial charge in [-0.05, 0) is 25.5 Å². The number of aromatic nitrogens is 2. The van der Waals surface area contributed by atoms with Crippen molar-refractivity contribution < 1.29 is 0 Å². The Bertz CT molecular complexity index is 573. The Hall–Kier alpha value is -2.08. The van der Waals surface area contributed by atoms with Crippen LogP contribution in [0.5, 0.6) is 0 Å². The maximum atomic E-state index is 9.03. The number of rotatable bonds is 1. The van der Waals surface area contributed by atoms with E-state index in [1.54, 1.807) is 6.33 Å². The van der Waals surface area contributed by atoms with Crippen molar-refractivity contribution in [3.8, 4) is 17.3 Å². The second kappa shape index (κ2) is 3.82. The lowest BCUT2D eigenvalue weighted by Crippen LogP contribution is -1.94. The molecule has 0 unspecified atom stereocenters. The van der Waals surface area contributed by atoms with Crippen molar-refractivity contribution in [2.24, 2.45) is 7.05 Å². The fourth-order valence-electron chi connectivity index (χ4n) is 1.82. The molecule has 0 fully saturated rings. The van der Waals surface area contributed by atoms with Crippen LogP contribution < -0.4 is 0 Å². The van der Waals surface area contributed by atoms with Gasteiger partial charge in [-0.3, -0.25) is 0 Å². The highest BCUT2D eigenvalue weighted by molar-refractivity contribution is 5.69. The second-order valence-electron chi connectivity index (χ2n) is 3.98. The van der Waals surface area contributed by atoms with E-state index in [9.17, 15) is 0 Å². The Morgan fingerprint density at radius 3 is 2.75 bits per heavy atom. The average Bonchev–Trinajstić information content (AvgIpc) is 2.63. The molecule has 0 bridgehead atoms. The number of benzene rings is 1. The lowest BCUT2D eigenvalue weighted by atomic mass is 10.0. The molecule has 0 N–H and O–H groups in total. The molecule has 0 radical (unpaired) electrons. The van der Waals surface area contributed by atoms with Gasteiger partial charge in [-0.15, -0.1) is 0 Å². The van der Waals surface area contributed by atoms with Gasteiger partial charge in [0.15, 0.2) is 5.69 Å². The Kier molecular flexibility index (Phi) is 2.49. The highest BCUT2D eigenvalue weighted by Gasteiger charge is 2.12. The molecule has 0 aliphatic heterocycles. The fourth-order valence-corrected chi connectivity index (χ4v) is 1.82. The first kappa shape index (κ1) is 10.4. The van der Waals surface area contributed by atoms with Crippen LogP contribution in [0.2, 0.25) is 0 Å². The zero-order chi connectivity index (χ0) is 11.7. The average molecular weight is 211 g/mol. The number of hydrogen-bond acceptors (Lipinski definition) is 2. The van der Waals surface area contributed by atoms with Crippen molar-refractivity contribution in [2.45, 2.75) is 13.8 Å². The maximum absolute atomic E-state index is 9.03. The fraction of sp³-hybridized carbons (Fsp3) is 0.231. The molecule has 0 amide bonds. The third-order valence-corrected chi connectivity index (χ3v) is 2.69. The Morgan fingerprint density at radius 1 is 1.31 bits per heavy atom. The van der Waals surface area contributed by atoms with Gasteiger partial charge in [0.1, 0.15) is 6.07 Å². The van der Waals surface area contributed by atoms with E-state index in [2.05, 4.69) is 29.3 Å². The summed E-state index contributed by atoms with van der Waals surface area (Å²) in [6.45, 7) is 4.09. The smallest absolute Gasteiger partial charge is 0.166 e. The quantitative estimate of drug-likeness (QED) is 0.727. The van der Waals surface area contributed by atoms with Gasteiger partial charge in [-0.2, -0.15) is 5.26 Å². The van der Waals surface area contributed by atoms with Crippen LogP contribution in [0.3, 0.4) is 0 Å². The minimum absolute atomic E-state index is 0.483. The van der Waals surface area contributed by atoms with Crippen molar-refractivity contribution in [1.82, 2.24) is 9.55 Å². The molecular weight excluding hydrogens is 198 g/mol. The van der Waals surface area contributed by atoms with E-state index in [-0.39, 0.29) is 0 Å². The summed E-state index contributed by atoms with van der Waals surface area (Å²) in [5, 5.41) is 9.03. The first-order chi connectivity index (χ1) is 7.63. The van der Waals surface area contributed by atoms with Crippen LogP contribution >= 0.6 is 0 Å². The maximum Gasteiger partial charge on any atom is 0.166 e. The predicted octanol–water partition coefficient (Wildman–Crippen LogP) is 2.58. The molecule has 0 saturated carbocycles. The molecule has 16 heavy (non-hydrogen) atoms. The van der Waals surface area contributed by atoms with E-state index < -0.39 is 0 Å². The zero-order valence-corrected chi connectivity index (χ0v) is 9.65. The molecule has 2 rings (SSSR count). The summed E-state index contributed by atoms with van der Waals surface area (Å²) in [5.74, 6) is 0. The summed E-state index contributed by atoms with van der Waals surface area (Å²) in [6.07, 6.45) is 1.68. The zero-order valence-electron chi connectivity index (χ0n) is 9.65. The molecule has 0 saturated heterocycles. The third kappa shape index (κ3) is 1.59. The van der Waals surface area contributed by atoms with Gasteiger partial charge >= 0.3 is 0 Å². The lowest BCUT2D eigenvalue weighted by Gasteiger charge is -2.08. The molecule has 0 aliphatic carbocycles. The normalized spacial score (nSPS) is 10.1. The van der Waals surface area contributed by atoms with Crippen LogP contribution in [-0.4, -0.2) is 9.55 Å². The Morgan fingerprint density at radius 2 is 2.06 bits per heavy atom. The van der Waals surface area contributed by atoms with Gasteiger partial charge in [-0.25, -0.2) is 4.98 Å². The van der Waals surface area contributed by atoms with Crippen LogP contribution in [0.1, 0.15) is 16.8 Å².